The Kier molecular flexibility index (Phi) is 5.15. The minimum absolute atomic E-state index is 0.0704. The number of thiophene rings is 1. The van der Waals surface area contributed by atoms with Crippen LogP contribution in [0.15, 0.2) is 66.4 Å². The van der Waals surface area contributed by atoms with Gasteiger partial charge in [-0.15, -0.1) is 11.3 Å². The second kappa shape index (κ2) is 8.39. The number of rotatable bonds is 4. The van der Waals surface area contributed by atoms with Crippen molar-refractivity contribution in [2.24, 2.45) is 5.41 Å². The number of pyridine rings is 2. The third-order valence-corrected chi connectivity index (χ3v) is 6.85. The van der Waals surface area contributed by atoms with Crippen molar-refractivity contribution < 1.29 is 4.79 Å². The summed E-state index contributed by atoms with van der Waals surface area (Å²) in [5.74, 6) is 0.600. The van der Waals surface area contributed by atoms with Crippen LogP contribution in [-0.4, -0.2) is 36.0 Å². The van der Waals surface area contributed by atoms with E-state index in [1.165, 1.54) is 4.88 Å². The number of amides is 1. The number of nitrogens with zero attached hydrogens (tertiary/aromatic N) is 4. The summed E-state index contributed by atoms with van der Waals surface area (Å²) in [5, 5.41) is 13.4. The number of hydrogen-bond acceptors (Lipinski definition) is 6. The molecule has 0 fully saturated rings. The molecular formula is C27H23N7OS. The number of anilines is 1. The molecule has 0 saturated carbocycles. The Hall–Kier alpha value is -4.37. The molecule has 0 bridgehead atoms. The molecule has 0 saturated heterocycles. The predicted octanol–water partition coefficient (Wildman–Crippen LogP) is 6.28. The maximum Gasteiger partial charge on any atom is 0.229 e. The summed E-state index contributed by atoms with van der Waals surface area (Å²) in [7, 11) is 0. The molecule has 0 aliphatic heterocycles. The number of fused-ring (bicyclic) bond motifs is 2. The molecule has 9 heteroatoms. The van der Waals surface area contributed by atoms with E-state index in [0.717, 1.165) is 33.1 Å². The first-order valence-corrected chi connectivity index (χ1v) is 12.4. The van der Waals surface area contributed by atoms with Crippen molar-refractivity contribution in [3.63, 3.8) is 0 Å². The molecule has 5 heterocycles. The van der Waals surface area contributed by atoms with Gasteiger partial charge in [-0.1, -0.05) is 39.0 Å². The maximum atomic E-state index is 12.4. The van der Waals surface area contributed by atoms with E-state index >= 15 is 0 Å². The Bertz CT molecular complexity index is 1720. The van der Waals surface area contributed by atoms with E-state index in [4.69, 9.17) is 4.98 Å². The predicted molar refractivity (Wildman–Crippen MR) is 144 cm³/mol. The number of aromatic amines is 2. The first kappa shape index (κ1) is 22.1. The number of H-pyrrole nitrogens is 2. The topological polar surface area (TPSA) is 112 Å². The first-order chi connectivity index (χ1) is 17.4. The van der Waals surface area contributed by atoms with Gasteiger partial charge in [0.1, 0.15) is 5.69 Å². The van der Waals surface area contributed by atoms with Crippen LogP contribution < -0.4 is 5.32 Å². The second-order valence-corrected chi connectivity index (χ2v) is 10.6. The summed E-state index contributed by atoms with van der Waals surface area (Å²) in [6.07, 6.45) is 5.16. The molecule has 0 radical (unpaired) electrons. The van der Waals surface area contributed by atoms with Crippen LogP contribution in [0.3, 0.4) is 0 Å². The van der Waals surface area contributed by atoms with Crippen LogP contribution in [-0.2, 0) is 4.79 Å². The number of carbonyl (C=O) groups is 1. The third kappa shape index (κ3) is 3.93. The Morgan fingerprint density at radius 2 is 1.89 bits per heavy atom. The van der Waals surface area contributed by atoms with Gasteiger partial charge in [0.15, 0.2) is 11.5 Å². The molecule has 6 rings (SSSR count). The average Bonchev–Trinajstić information content (AvgIpc) is 3.62. The highest BCUT2D eigenvalue weighted by Gasteiger charge is 2.21. The molecule has 0 aliphatic rings. The van der Waals surface area contributed by atoms with Crippen LogP contribution in [0, 0.1) is 5.41 Å². The largest absolute Gasteiger partial charge is 0.337 e. The molecular weight excluding hydrogens is 470 g/mol. The van der Waals surface area contributed by atoms with E-state index in [9.17, 15) is 4.79 Å². The van der Waals surface area contributed by atoms with Gasteiger partial charge in [-0.05, 0) is 29.6 Å². The van der Waals surface area contributed by atoms with Crippen molar-refractivity contribution in [3.05, 3.63) is 66.4 Å². The SMILES string of the molecule is CC(C)(C)C(=O)Nc1cncc(-c2cnc3[nH]nc(-c4nc5c(-c6cccs6)cccc5[nH]4)c3c2)c1. The number of imidazole rings is 1. The minimum atomic E-state index is -0.502. The minimum Gasteiger partial charge on any atom is -0.337 e. The van der Waals surface area contributed by atoms with Gasteiger partial charge in [0.2, 0.25) is 5.91 Å². The Morgan fingerprint density at radius 1 is 1.03 bits per heavy atom. The van der Waals surface area contributed by atoms with Gasteiger partial charge in [-0.2, -0.15) is 5.10 Å². The van der Waals surface area contributed by atoms with Crippen molar-refractivity contribution in [3.8, 4) is 33.1 Å². The monoisotopic (exact) mass is 493 g/mol. The number of carbonyl (C=O) groups excluding carboxylic acids is 1. The fourth-order valence-corrected chi connectivity index (χ4v) is 4.75. The molecule has 0 unspecified atom stereocenters. The van der Waals surface area contributed by atoms with Gasteiger partial charge in [-0.3, -0.25) is 14.9 Å². The molecule has 6 aromatic rings. The average molecular weight is 494 g/mol. The van der Waals surface area contributed by atoms with E-state index in [1.807, 2.05) is 51.1 Å². The zero-order valence-electron chi connectivity index (χ0n) is 20.0. The summed E-state index contributed by atoms with van der Waals surface area (Å²) in [6.45, 7) is 5.62. The molecule has 1 aromatic carbocycles. The van der Waals surface area contributed by atoms with Crippen molar-refractivity contribution in [2.45, 2.75) is 20.8 Å². The lowest BCUT2D eigenvalue weighted by atomic mass is 9.95. The van der Waals surface area contributed by atoms with E-state index in [2.05, 4.69) is 48.0 Å². The molecule has 1 amide bonds. The van der Waals surface area contributed by atoms with Gasteiger partial charge in [-0.25, -0.2) is 9.97 Å². The summed E-state index contributed by atoms with van der Waals surface area (Å²) in [5.41, 5.74) is 6.13. The number of nitrogens with one attached hydrogen (secondary N) is 3. The van der Waals surface area contributed by atoms with Crippen LogP contribution in [0.4, 0.5) is 5.69 Å². The highest BCUT2D eigenvalue weighted by atomic mass is 32.1. The number of hydrogen-bond donors (Lipinski definition) is 3. The first-order valence-electron chi connectivity index (χ1n) is 11.5. The molecule has 36 heavy (non-hydrogen) atoms. The van der Waals surface area contributed by atoms with Gasteiger partial charge in [0.25, 0.3) is 0 Å². The summed E-state index contributed by atoms with van der Waals surface area (Å²) < 4.78 is 0. The number of benzene rings is 1. The van der Waals surface area contributed by atoms with Crippen LogP contribution in [0.25, 0.3) is 55.2 Å². The summed E-state index contributed by atoms with van der Waals surface area (Å²) in [6, 6.07) is 14.2. The summed E-state index contributed by atoms with van der Waals surface area (Å²) in [4.78, 5) is 30.8. The Balaban J connectivity index is 1.40. The number of para-hydroxylation sites is 1. The number of aromatic nitrogens is 6. The smallest absolute Gasteiger partial charge is 0.229 e. The van der Waals surface area contributed by atoms with Crippen molar-refractivity contribution >= 4 is 45.0 Å². The lowest BCUT2D eigenvalue weighted by Gasteiger charge is -2.17. The standard InChI is InChI=1S/C27H23N7OS/c1-27(2,3)26(35)30-17-10-15(12-28-14-17)16-11-19-23(33-34-24(19)29-13-16)25-31-20-7-4-6-18(22(20)32-25)21-8-5-9-36-21/h4-14H,1-3H3,(H,30,35)(H,31,32)(H,29,33,34). The zero-order chi connectivity index (χ0) is 24.9. The van der Waals surface area contributed by atoms with Crippen molar-refractivity contribution in [1.29, 1.82) is 0 Å². The van der Waals surface area contributed by atoms with Crippen LogP contribution in [0.1, 0.15) is 20.8 Å². The van der Waals surface area contributed by atoms with Gasteiger partial charge in [0, 0.05) is 39.4 Å². The Labute approximate surface area is 210 Å². The van der Waals surface area contributed by atoms with Gasteiger partial charge < -0.3 is 10.3 Å². The molecule has 3 N–H and O–H groups in total. The van der Waals surface area contributed by atoms with E-state index in [1.54, 1.807) is 29.9 Å². The zero-order valence-corrected chi connectivity index (χ0v) is 20.8. The van der Waals surface area contributed by atoms with E-state index in [0.29, 0.717) is 22.9 Å². The van der Waals surface area contributed by atoms with E-state index < -0.39 is 5.41 Å². The second-order valence-electron chi connectivity index (χ2n) is 9.62. The van der Waals surface area contributed by atoms with Crippen molar-refractivity contribution in [2.75, 3.05) is 5.32 Å². The van der Waals surface area contributed by atoms with Crippen LogP contribution in [0.5, 0.6) is 0 Å². The van der Waals surface area contributed by atoms with Crippen LogP contribution in [0.2, 0.25) is 0 Å². The maximum absolute atomic E-state index is 12.4. The lowest BCUT2D eigenvalue weighted by Crippen LogP contribution is -2.27. The fraction of sp³-hybridized carbons (Fsp3) is 0.148. The molecule has 0 aliphatic carbocycles. The normalized spacial score (nSPS) is 11.9. The molecule has 0 spiro atoms. The molecule has 0 atom stereocenters. The molecule has 8 nitrogen and oxygen atoms in total. The highest BCUT2D eigenvalue weighted by molar-refractivity contribution is 7.13. The Morgan fingerprint density at radius 3 is 2.69 bits per heavy atom. The fourth-order valence-electron chi connectivity index (χ4n) is 4.00. The quantitative estimate of drug-likeness (QED) is 0.268. The lowest BCUT2D eigenvalue weighted by molar-refractivity contribution is -0.123. The van der Waals surface area contributed by atoms with Gasteiger partial charge >= 0.3 is 0 Å². The van der Waals surface area contributed by atoms with Gasteiger partial charge in [0.05, 0.1) is 28.3 Å². The van der Waals surface area contributed by atoms with Crippen molar-refractivity contribution in [1.82, 2.24) is 30.1 Å². The molecule has 5 aromatic heterocycles. The summed E-state index contributed by atoms with van der Waals surface area (Å²) >= 11 is 1.69. The third-order valence-electron chi connectivity index (χ3n) is 5.95. The van der Waals surface area contributed by atoms with Crippen LogP contribution >= 0.6 is 11.3 Å². The molecule has 178 valence electrons. The van der Waals surface area contributed by atoms with E-state index in [-0.39, 0.29) is 5.91 Å². The highest BCUT2D eigenvalue weighted by Crippen LogP contribution is 2.34.